The molecule has 0 saturated heterocycles. The summed E-state index contributed by atoms with van der Waals surface area (Å²) in [5, 5.41) is 2.49. The average Bonchev–Trinajstić information content (AvgIpc) is 2.90. The fourth-order valence-corrected chi connectivity index (χ4v) is 3.60. The summed E-state index contributed by atoms with van der Waals surface area (Å²) in [5.74, 6) is -0.410. The second-order valence-electron chi connectivity index (χ2n) is 5.89. The molecule has 0 fully saturated rings. The van der Waals surface area contributed by atoms with E-state index in [2.05, 4.69) is 17.4 Å². The highest BCUT2D eigenvalue weighted by molar-refractivity contribution is 7.85. The molecule has 2 N–H and O–H groups in total. The predicted molar refractivity (Wildman–Crippen MR) is 94.1 cm³/mol. The number of nitrogens with one attached hydrogen (secondary N) is 1. The summed E-state index contributed by atoms with van der Waals surface area (Å²) in [4.78, 5) is 11.8. The number of amides is 1. The van der Waals surface area contributed by atoms with E-state index in [1.54, 1.807) is 0 Å². The molecule has 0 spiro atoms. The molecule has 0 saturated carbocycles. The highest BCUT2D eigenvalue weighted by atomic mass is 32.2. The third kappa shape index (κ3) is 4.18. The summed E-state index contributed by atoms with van der Waals surface area (Å²) in [6.07, 6.45) is -0.472. The second kappa shape index (κ2) is 7.25. The molecule has 6 nitrogen and oxygen atoms in total. The monoisotopic (exact) mass is 361 g/mol. The number of benzene rings is 2. The second-order valence-corrected chi connectivity index (χ2v) is 7.46. The van der Waals surface area contributed by atoms with E-state index in [4.69, 9.17) is 9.29 Å². The highest BCUT2D eigenvalue weighted by Gasteiger charge is 2.28. The normalized spacial score (nSPS) is 13.2. The molecule has 2 aromatic carbocycles. The quantitative estimate of drug-likeness (QED) is 0.610. The molecule has 0 unspecified atom stereocenters. The van der Waals surface area contributed by atoms with Gasteiger partial charge in [-0.2, -0.15) is 8.42 Å². The van der Waals surface area contributed by atoms with Crippen LogP contribution in [0.1, 0.15) is 23.5 Å². The van der Waals surface area contributed by atoms with Gasteiger partial charge in [-0.3, -0.25) is 4.55 Å². The molecule has 25 heavy (non-hydrogen) atoms. The topological polar surface area (TPSA) is 92.7 Å². The molecule has 0 aliphatic heterocycles. The lowest BCUT2D eigenvalue weighted by molar-refractivity contribution is 0.143. The Kier molecular flexibility index (Phi) is 5.06. The minimum absolute atomic E-state index is 0.0176. The van der Waals surface area contributed by atoms with Crippen molar-refractivity contribution in [1.82, 2.24) is 5.32 Å². The molecule has 3 rings (SSSR count). The van der Waals surface area contributed by atoms with Gasteiger partial charge in [0.05, 0.1) is 5.75 Å². The Morgan fingerprint density at radius 2 is 1.60 bits per heavy atom. The van der Waals surface area contributed by atoms with Crippen LogP contribution >= 0.6 is 0 Å². The van der Waals surface area contributed by atoms with Crippen molar-refractivity contribution in [3.8, 4) is 11.1 Å². The molecule has 0 radical (unpaired) electrons. The maximum Gasteiger partial charge on any atom is 0.407 e. The highest BCUT2D eigenvalue weighted by Crippen LogP contribution is 2.44. The first-order valence-corrected chi connectivity index (χ1v) is 9.60. The van der Waals surface area contributed by atoms with Crippen LogP contribution in [0.15, 0.2) is 48.5 Å². The van der Waals surface area contributed by atoms with Crippen molar-refractivity contribution in [3.05, 3.63) is 59.7 Å². The predicted octanol–water partition coefficient (Wildman–Crippen LogP) is 2.80. The molecule has 1 aliphatic carbocycles. The zero-order chi connectivity index (χ0) is 17.9. The van der Waals surface area contributed by atoms with Gasteiger partial charge in [0.15, 0.2) is 0 Å². The lowest BCUT2D eigenvalue weighted by atomic mass is 9.98. The molecular formula is C18H19NO5S. The van der Waals surface area contributed by atoms with E-state index < -0.39 is 22.0 Å². The molecule has 1 amide bonds. The summed E-state index contributed by atoms with van der Waals surface area (Å²) in [6.45, 7) is 0.328. The van der Waals surface area contributed by atoms with Crippen molar-refractivity contribution in [3.63, 3.8) is 0 Å². The van der Waals surface area contributed by atoms with Crippen molar-refractivity contribution in [2.45, 2.75) is 12.3 Å². The molecule has 0 heterocycles. The molecule has 7 heteroatoms. The number of alkyl carbamates (subject to hydrolysis) is 1. The van der Waals surface area contributed by atoms with E-state index in [0.29, 0.717) is 0 Å². The minimum atomic E-state index is -4.01. The number of fused-ring (bicyclic) bond motifs is 3. The van der Waals surface area contributed by atoms with E-state index in [-0.39, 0.29) is 25.5 Å². The van der Waals surface area contributed by atoms with E-state index >= 15 is 0 Å². The van der Waals surface area contributed by atoms with Crippen molar-refractivity contribution in [2.24, 2.45) is 0 Å². The van der Waals surface area contributed by atoms with Gasteiger partial charge in [0.25, 0.3) is 10.1 Å². The number of carbonyl (C=O) groups is 1. The Morgan fingerprint density at radius 3 is 2.16 bits per heavy atom. The Hall–Kier alpha value is -2.38. The van der Waals surface area contributed by atoms with Crippen LogP contribution in [-0.4, -0.2) is 38.0 Å². The summed E-state index contributed by atoms with van der Waals surface area (Å²) in [6, 6.07) is 16.1. The summed E-state index contributed by atoms with van der Waals surface area (Å²) in [7, 11) is -4.01. The fraction of sp³-hybridized carbons (Fsp3) is 0.278. The molecule has 0 atom stereocenters. The van der Waals surface area contributed by atoms with Gasteiger partial charge in [-0.25, -0.2) is 4.79 Å². The van der Waals surface area contributed by atoms with Crippen molar-refractivity contribution in [2.75, 3.05) is 18.9 Å². The Balaban J connectivity index is 1.59. The number of hydrogen-bond donors (Lipinski definition) is 2. The van der Waals surface area contributed by atoms with Gasteiger partial charge in [-0.15, -0.1) is 0 Å². The maximum absolute atomic E-state index is 11.8. The zero-order valence-electron chi connectivity index (χ0n) is 13.5. The smallest absolute Gasteiger partial charge is 0.407 e. The zero-order valence-corrected chi connectivity index (χ0v) is 14.3. The Morgan fingerprint density at radius 1 is 1.04 bits per heavy atom. The van der Waals surface area contributed by atoms with E-state index in [0.717, 1.165) is 22.3 Å². The largest absolute Gasteiger partial charge is 0.449 e. The molecule has 0 aromatic heterocycles. The lowest BCUT2D eigenvalue weighted by Crippen LogP contribution is -2.28. The average molecular weight is 361 g/mol. The third-order valence-electron chi connectivity index (χ3n) is 4.19. The van der Waals surface area contributed by atoms with Crippen molar-refractivity contribution >= 4 is 16.2 Å². The molecule has 132 valence electrons. The van der Waals surface area contributed by atoms with E-state index in [1.807, 2.05) is 36.4 Å². The van der Waals surface area contributed by atoms with Crippen molar-refractivity contribution in [1.29, 1.82) is 0 Å². The van der Waals surface area contributed by atoms with Gasteiger partial charge in [0.2, 0.25) is 0 Å². The number of ether oxygens (including phenoxy) is 1. The lowest BCUT2D eigenvalue weighted by Gasteiger charge is -2.14. The van der Waals surface area contributed by atoms with Crippen LogP contribution in [0.3, 0.4) is 0 Å². The van der Waals surface area contributed by atoms with E-state index in [9.17, 15) is 13.2 Å². The van der Waals surface area contributed by atoms with Crippen LogP contribution in [0.4, 0.5) is 4.79 Å². The van der Waals surface area contributed by atoms with Gasteiger partial charge >= 0.3 is 6.09 Å². The summed E-state index contributed by atoms with van der Waals surface area (Å²) >= 11 is 0. The number of hydrogen-bond acceptors (Lipinski definition) is 4. The first-order chi connectivity index (χ1) is 12.0. The van der Waals surface area contributed by atoms with Crippen LogP contribution < -0.4 is 5.32 Å². The van der Waals surface area contributed by atoms with Crippen molar-refractivity contribution < 1.29 is 22.5 Å². The van der Waals surface area contributed by atoms with Crippen LogP contribution in [0.2, 0.25) is 0 Å². The third-order valence-corrected chi connectivity index (χ3v) is 5.00. The SMILES string of the molecule is O=C(NCCCS(=O)(=O)O)OCC1c2ccccc2-c2ccccc21. The minimum Gasteiger partial charge on any atom is -0.449 e. The molecule has 1 aliphatic rings. The van der Waals surface area contributed by atoms with Gasteiger partial charge in [-0.1, -0.05) is 48.5 Å². The Labute approximate surface area is 146 Å². The van der Waals surface area contributed by atoms with Gasteiger partial charge in [-0.05, 0) is 28.7 Å². The van der Waals surface area contributed by atoms with Crippen LogP contribution in [-0.2, 0) is 14.9 Å². The molecule has 2 aromatic rings. The summed E-state index contributed by atoms with van der Waals surface area (Å²) in [5.41, 5.74) is 4.56. The van der Waals surface area contributed by atoms with Crippen LogP contribution in [0, 0.1) is 0 Å². The van der Waals surface area contributed by atoms with Gasteiger partial charge < -0.3 is 10.1 Å². The first kappa shape index (κ1) is 17.4. The van der Waals surface area contributed by atoms with Gasteiger partial charge in [0.1, 0.15) is 6.61 Å². The summed E-state index contributed by atoms with van der Waals surface area (Å²) < 4.78 is 35.2. The number of carbonyl (C=O) groups excluding carboxylic acids is 1. The van der Waals surface area contributed by atoms with Crippen LogP contribution in [0.25, 0.3) is 11.1 Å². The number of rotatable bonds is 6. The fourth-order valence-electron chi connectivity index (χ4n) is 3.09. The first-order valence-electron chi connectivity index (χ1n) is 8.00. The Bertz CT molecular complexity index is 833. The van der Waals surface area contributed by atoms with Gasteiger partial charge in [0, 0.05) is 12.5 Å². The standard InChI is InChI=1S/C18H19NO5S/c20-18(19-10-5-11-25(21,22)23)24-12-17-15-8-3-1-6-13(15)14-7-2-4-9-16(14)17/h1-4,6-9,17H,5,10-12H2,(H,19,20)(H,21,22,23). The van der Waals surface area contributed by atoms with E-state index in [1.165, 1.54) is 0 Å². The molecular weight excluding hydrogens is 342 g/mol. The molecule has 0 bridgehead atoms. The maximum atomic E-state index is 11.8. The van der Waals surface area contributed by atoms with Crippen LogP contribution in [0.5, 0.6) is 0 Å².